The minimum atomic E-state index is -0.636. The zero-order valence-corrected chi connectivity index (χ0v) is 13.1. The number of benzene rings is 2. The van der Waals surface area contributed by atoms with Gasteiger partial charge in [-0.2, -0.15) is 0 Å². The zero-order chi connectivity index (χ0) is 15.4. The molecule has 3 aromatic rings. The lowest BCUT2D eigenvalue weighted by molar-refractivity contribution is 0.219. The molecule has 0 spiro atoms. The van der Waals surface area contributed by atoms with Gasteiger partial charge in [0.15, 0.2) is 0 Å². The lowest BCUT2D eigenvalue weighted by Crippen LogP contribution is -2.01. The molecule has 2 nitrogen and oxygen atoms in total. The number of aliphatic hydroxyl groups is 1. The van der Waals surface area contributed by atoms with E-state index in [2.05, 4.69) is 17.1 Å². The summed E-state index contributed by atoms with van der Waals surface area (Å²) < 4.78 is 0. The Morgan fingerprint density at radius 3 is 2.18 bits per heavy atom. The van der Waals surface area contributed by atoms with Crippen molar-refractivity contribution >= 4 is 11.8 Å². The molecule has 0 bridgehead atoms. The maximum Gasteiger partial charge on any atom is 0.106 e. The Bertz CT molecular complexity index is 744. The van der Waals surface area contributed by atoms with E-state index in [0.717, 1.165) is 26.6 Å². The first-order valence-electron chi connectivity index (χ1n) is 7.16. The summed E-state index contributed by atoms with van der Waals surface area (Å²) in [7, 11) is 0. The maximum atomic E-state index is 10.5. The van der Waals surface area contributed by atoms with Crippen LogP contribution in [-0.2, 0) is 0 Å². The fraction of sp³-hybridized carbons (Fsp3) is 0.105. The van der Waals surface area contributed by atoms with Gasteiger partial charge < -0.3 is 5.11 Å². The van der Waals surface area contributed by atoms with Gasteiger partial charge in [-0.05, 0) is 36.2 Å². The summed E-state index contributed by atoms with van der Waals surface area (Å²) in [5, 5.41) is 11.4. The van der Waals surface area contributed by atoms with Gasteiger partial charge in [-0.25, -0.2) is 4.98 Å². The molecule has 0 aliphatic rings. The lowest BCUT2D eigenvalue weighted by atomic mass is 10.0. The van der Waals surface area contributed by atoms with Crippen LogP contribution in [0, 0.1) is 6.92 Å². The van der Waals surface area contributed by atoms with Crippen LogP contribution < -0.4 is 0 Å². The van der Waals surface area contributed by atoms with Crippen molar-refractivity contribution in [3.05, 3.63) is 89.6 Å². The number of hydrogen-bond donors (Lipinski definition) is 1. The smallest absolute Gasteiger partial charge is 0.106 e. The van der Waals surface area contributed by atoms with Crippen LogP contribution >= 0.6 is 11.8 Å². The molecule has 0 aliphatic carbocycles. The third-order valence-corrected chi connectivity index (χ3v) is 4.57. The number of aliphatic hydroxyl groups excluding tert-OH is 1. The Labute approximate surface area is 134 Å². The number of aryl methyl sites for hydroxylation is 1. The summed E-state index contributed by atoms with van der Waals surface area (Å²) in [6.45, 7) is 2.03. The van der Waals surface area contributed by atoms with Crippen molar-refractivity contribution in [1.82, 2.24) is 4.98 Å². The summed E-state index contributed by atoms with van der Waals surface area (Å²) >= 11 is 1.64. The quantitative estimate of drug-likeness (QED) is 0.763. The molecular weight excluding hydrogens is 290 g/mol. The summed E-state index contributed by atoms with van der Waals surface area (Å²) in [5.74, 6) is 0. The van der Waals surface area contributed by atoms with Crippen molar-refractivity contribution in [1.29, 1.82) is 0 Å². The van der Waals surface area contributed by atoms with Crippen LogP contribution in [0.5, 0.6) is 0 Å². The molecule has 3 rings (SSSR count). The highest BCUT2D eigenvalue weighted by Gasteiger charge is 2.12. The Hall–Kier alpha value is -2.10. The maximum absolute atomic E-state index is 10.5. The molecule has 1 aromatic heterocycles. The number of aromatic nitrogens is 1. The first-order chi connectivity index (χ1) is 10.7. The van der Waals surface area contributed by atoms with Gasteiger partial charge >= 0.3 is 0 Å². The molecule has 1 atom stereocenters. The van der Waals surface area contributed by atoms with Gasteiger partial charge in [-0.3, -0.25) is 0 Å². The molecule has 1 heterocycles. The van der Waals surface area contributed by atoms with Crippen LogP contribution in [0.2, 0.25) is 0 Å². The van der Waals surface area contributed by atoms with Gasteiger partial charge in [0.25, 0.3) is 0 Å². The highest BCUT2D eigenvalue weighted by molar-refractivity contribution is 7.99. The number of rotatable bonds is 4. The van der Waals surface area contributed by atoms with E-state index >= 15 is 0 Å². The Balaban J connectivity index is 1.83. The van der Waals surface area contributed by atoms with Crippen LogP contribution in [0.15, 0.2) is 82.8 Å². The Kier molecular flexibility index (Phi) is 4.56. The standard InChI is InChI=1S/C19H17NOS/c1-14-12-16(18(21)15-8-4-2-5-9-15)13-20-19(14)22-17-10-6-3-7-11-17/h2-13,18,21H,1H3/t18-/m1/s1. The normalized spacial score (nSPS) is 12.1. The van der Waals surface area contributed by atoms with Crippen molar-refractivity contribution in [2.45, 2.75) is 22.9 Å². The first kappa shape index (κ1) is 14.8. The van der Waals surface area contributed by atoms with E-state index in [1.807, 2.05) is 61.5 Å². The average molecular weight is 307 g/mol. The number of hydrogen-bond acceptors (Lipinski definition) is 3. The van der Waals surface area contributed by atoms with Gasteiger partial charge in [0.1, 0.15) is 11.1 Å². The molecule has 0 unspecified atom stereocenters. The largest absolute Gasteiger partial charge is 0.384 e. The van der Waals surface area contributed by atoms with Gasteiger partial charge in [0.2, 0.25) is 0 Å². The molecule has 0 saturated heterocycles. The minimum Gasteiger partial charge on any atom is -0.384 e. The molecule has 110 valence electrons. The second-order valence-corrected chi connectivity index (χ2v) is 6.18. The van der Waals surface area contributed by atoms with Gasteiger partial charge in [0, 0.05) is 16.7 Å². The summed E-state index contributed by atoms with van der Waals surface area (Å²) in [6.07, 6.45) is 1.12. The fourth-order valence-corrected chi connectivity index (χ4v) is 3.11. The van der Waals surface area contributed by atoms with Crippen molar-refractivity contribution in [3.8, 4) is 0 Å². The molecular formula is C19H17NOS. The van der Waals surface area contributed by atoms with E-state index < -0.39 is 6.10 Å². The predicted octanol–water partition coefficient (Wildman–Crippen LogP) is 4.62. The van der Waals surface area contributed by atoms with Crippen LogP contribution in [0.25, 0.3) is 0 Å². The first-order valence-corrected chi connectivity index (χ1v) is 7.98. The van der Waals surface area contributed by atoms with Crippen molar-refractivity contribution < 1.29 is 5.11 Å². The molecule has 0 radical (unpaired) electrons. The summed E-state index contributed by atoms with van der Waals surface area (Å²) in [6, 6.07) is 21.8. The molecule has 0 fully saturated rings. The Morgan fingerprint density at radius 1 is 0.909 bits per heavy atom. The fourth-order valence-electron chi connectivity index (χ4n) is 2.27. The van der Waals surface area contributed by atoms with Crippen LogP contribution in [0.4, 0.5) is 0 Å². The molecule has 0 amide bonds. The minimum absolute atomic E-state index is 0.636. The predicted molar refractivity (Wildman–Crippen MR) is 90.0 cm³/mol. The van der Waals surface area contributed by atoms with Crippen molar-refractivity contribution in [2.75, 3.05) is 0 Å². The van der Waals surface area contributed by atoms with Crippen LogP contribution in [0.1, 0.15) is 22.8 Å². The average Bonchev–Trinajstić information content (AvgIpc) is 2.58. The topological polar surface area (TPSA) is 33.1 Å². The molecule has 22 heavy (non-hydrogen) atoms. The van der Waals surface area contributed by atoms with Gasteiger partial charge in [-0.15, -0.1) is 0 Å². The van der Waals surface area contributed by atoms with E-state index in [9.17, 15) is 5.11 Å². The van der Waals surface area contributed by atoms with Crippen LogP contribution in [-0.4, -0.2) is 10.1 Å². The SMILES string of the molecule is Cc1cc([C@H](O)c2ccccc2)cnc1Sc1ccccc1. The summed E-state index contributed by atoms with van der Waals surface area (Å²) in [4.78, 5) is 5.68. The third-order valence-electron chi connectivity index (χ3n) is 3.44. The van der Waals surface area contributed by atoms with E-state index in [-0.39, 0.29) is 0 Å². The van der Waals surface area contributed by atoms with E-state index in [1.165, 1.54) is 0 Å². The lowest BCUT2D eigenvalue weighted by Gasteiger charge is -2.13. The second-order valence-electron chi connectivity index (χ2n) is 5.12. The second kappa shape index (κ2) is 6.77. The van der Waals surface area contributed by atoms with Crippen LogP contribution in [0.3, 0.4) is 0 Å². The summed E-state index contributed by atoms with van der Waals surface area (Å²) in [5.41, 5.74) is 2.77. The van der Waals surface area contributed by atoms with Crippen molar-refractivity contribution in [3.63, 3.8) is 0 Å². The molecule has 1 N–H and O–H groups in total. The van der Waals surface area contributed by atoms with E-state index in [4.69, 9.17) is 0 Å². The number of nitrogens with zero attached hydrogens (tertiary/aromatic N) is 1. The highest BCUT2D eigenvalue weighted by Crippen LogP contribution is 2.30. The van der Waals surface area contributed by atoms with Gasteiger partial charge in [-0.1, -0.05) is 60.3 Å². The van der Waals surface area contributed by atoms with E-state index in [0.29, 0.717) is 0 Å². The molecule has 3 heteroatoms. The monoisotopic (exact) mass is 307 g/mol. The third kappa shape index (κ3) is 3.38. The molecule has 2 aromatic carbocycles. The van der Waals surface area contributed by atoms with Gasteiger partial charge in [0.05, 0.1) is 0 Å². The number of pyridine rings is 1. The highest BCUT2D eigenvalue weighted by atomic mass is 32.2. The van der Waals surface area contributed by atoms with E-state index in [1.54, 1.807) is 18.0 Å². The Morgan fingerprint density at radius 2 is 1.55 bits per heavy atom. The van der Waals surface area contributed by atoms with Crippen molar-refractivity contribution in [2.24, 2.45) is 0 Å². The molecule has 0 aliphatic heterocycles. The zero-order valence-electron chi connectivity index (χ0n) is 12.3. The molecule has 0 saturated carbocycles.